The van der Waals surface area contributed by atoms with E-state index in [1.165, 1.54) is 6.20 Å². The van der Waals surface area contributed by atoms with Gasteiger partial charge in [-0.1, -0.05) is 11.8 Å². The Kier molecular flexibility index (Phi) is 6.32. The van der Waals surface area contributed by atoms with Gasteiger partial charge in [0.15, 0.2) is 0 Å². The van der Waals surface area contributed by atoms with Crippen LogP contribution in [0, 0.1) is 17.8 Å². The van der Waals surface area contributed by atoms with Crippen LogP contribution in [-0.2, 0) is 4.79 Å². The molecule has 0 radical (unpaired) electrons. The van der Waals surface area contributed by atoms with Crippen molar-refractivity contribution >= 4 is 22.6 Å². The van der Waals surface area contributed by atoms with Crippen LogP contribution in [0.1, 0.15) is 36.2 Å². The Balaban J connectivity index is 1.72. The summed E-state index contributed by atoms with van der Waals surface area (Å²) < 4.78 is 38.7. The molecular formula is C24H26F2N4O4. The summed E-state index contributed by atoms with van der Waals surface area (Å²) in [5, 5.41) is 3.30. The Bertz CT molecular complexity index is 1200. The Hall–Kier alpha value is -3.45. The van der Waals surface area contributed by atoms with Gasteiger partial charge in [0.25, 0.3) is 11.8 Å². The third-order valence-corrected chi connectivity index (χ3v) is 5.65. The Morgan fingerprint density at radius 3 is 2.68 bits per heavy atom. The van der Waals surface area contributed by atoms with E-state index >= 15 is 0 Å². The normalized spacial score (nSPS) is 19.9. The van der Waals surface area contributed by atoms with Gasteiger partial charge in [-0.05, 0) is 33.0 Å². The fourth-order valence-electron chi connectivity index (χ4n) is 3.99. The van der Waals surface area contributed by atoms with Gasteiger partial charge in [-0.3, -0.25) is 9.59 Å². The first kappa shape index (κ1) is 23.7. The number of ether oxygens (including phenoxy) is 2. The molecule has 2 aliphatic rings. The third kappa shape index (κ3) is 4.89. The molecule has 1 aromatic heterocycles. The van der Waals surface area contributed by atoms with Gasteiger partial charge in [-0.2, -0.15) is 8.78 Å². The van der Waals surface area contributed by atoms with Crippen molar-refractivity contribution in [2.45, 2.75) is 38.3 Å². The highest BCUT2D eigenvalue weighted by Gasteiger charge is 2.48. The van der Waals surface area contributed by atoms with Crippen LogP contribution < -0.4 is 20.5 Å². The van der Waals surface area contributed by atoms with Crippen molar-refractivity contribution in [3.8, 4) is 23.5 Å². The predicted molar refractivity (Wildman–Crippen MR) is 121 cm³/mol. The molecule has 3 N–H and O–H groups in total. The van der Waals surface area contributed by atoms with E-state index in [0.717, 1.165) is 13.1 Å². The molecule has 1 aromatic carbocycles. The van der Waals surface area contributed by atoms with Gasteiger partial charge >= 0.3 is 5.92 Å². The minimum atomic E-state index is -3.42. The second-order valence-electron chi connectivity index (χ2n) is 8.98. The number of nitrogens with zero attached hydrogens (tertiary/aromatic N) is 2. The van der Waals surface area contributed by atoms with E-state index in [2.05, 4.69) is 27.0 Å². The minimum absolute atomic E-state index is 0.151. The van der Waals surface area contributed by atoms with Crippen molar-refractivity contribution in [2.75, 3.05) is 26.7 Å². The zero-order chi connectivity index (χ0) is 24.6. The van der Waals surface area contributed by atoms with E-state index in [1.807, 2.05) is 20.9 Å². The Morgan fingerprint density at radius 2 is 2.09 bits per heavy atom. The van der Waals surface area contributed by atoms with Gasteiger partial charge < -0.3 is 25.4 Å². The molecule has 1 atom stereocenters. The third-order valence-electron chi connectivity index (χ3n) is 5.65. The van der Waals surface area contributed by atoms with Crippen molar-refractivity contribution in [1.29, 1.82) is 0 Å². The van der Waals surface area contributed by atoms with Gasteiger partial charge in [0.1, 0.15) is 12.4 Å². The number of aromatic nitrogens is 1. The molecule has 180 valence electrons. The number of rotatable bonds is 6. The summed E-state index contributed by atoms with van der Waals surface area (Å²) in [6.45, 7) is 5.17. The molecule has 2 saturated heterocycles. The molecule has 0 saturated carbocycles. The maximum atomic E-state index is 13.6. The number of hydrogen-bond donors (Lipinski definition) is 2. The number of hydrogen-bond acceptors (Lipinski definition) is 6. The molecule has 8 nitrogen and oxygen atoms in total. The quantitative estimate of drug-likeness (QED) is 0.623. The van der Waals surface area contributed by atoms with Crippen LogP contribution in [0.2, 0.25) is 0 Å². The average Bonchev–Trinajstić information content (AvgIpc) is 2.99. The molecule has 3 heterocycles. The standard InChI is InChI=1S/C24H26F2N4O4/c1-13(2)34-20-7-18-17(6-19(20)21(27)31)15(5-4-14-10-30(3)11-14)9-28-22(18)33-12-16-8-24(25,26)23(32)29-16/h6-7,9,13-14,16H,8,10-12H2,1-3H3,(H2,27,31)(H,29,32)/t16-/m0/s1. The molecule has 2 aliphatic heterocycles. The van der Waals surface area contributed by atoms with Crippen molar-refractivity contribution in [2.24, 2.45) is 11.7 Å². The zero-order valence-corrected chi connectivity index (χ0v) is 19.2. The highest BCUT2D eigenvalue weighted by Crippen LogP contribution is 2.34. The Morgan fingerprint density at radius 1 is 1.35 bits per heavy atom. The predicted octanol–water partition coefficient (Wildman–Crippen LogP) is 1.94. The number of carbonyl (C=O) groups excluding carboxylic acids is 2. The maximum Gasteiger partial charge on any atom is 0.326 e. The van der Waals surface area contributed by atoms with Crippen molar-refractivity contribution in [1.82, 2.24) is 15.2 Å². The smallest absolute Gasteiger partial charge is 0.326 e. The largest absolute Gasteiger partial charge is 0.490 e. The number of pyridine rings is 1. The molecule has 10 heteroatoms. The number of fused-ring (bicyclic) bond motifs is 1. The van der Waals surface area contributed by atoms with Crippen molar-refractivity contribution < 1.29 is 27.8 Å². The number of alkyl halides is 2. The molecule has 2 aromatic rings. The van der Waals surface area contributed by atoms with Crippen LogP contribution in [0.25, 0.3) is 10.8 Å². The van der Waals surface area contributed by atoms with E-state index in [9.17, 15) is 18.4 Å². The van der Waals surface area contributed by atoms with Gasteiger partial charge in [-0.25, -0.2) is 4.98 Å². The van der Waals surface area contributed by atoms with Gasteiger partial charge in [0.05, 0.1) is 23.3 Å². The molecule has 34 heavy (non-hydrogen) atoms. The van der Waals surface area contributed by atoms with E-state index < -0.39 is 30.2 Å². The molecule has 0 unspecified atom stereocenters. The van der Waals surface area contributed by atoms with Crippen molar-refractivity contribution in [3.05, 3.63) is 29.5 Å². The number of amides is 2. The monoisotopic (exact) mass is 472 g/mol. The Labute approximate surface area is 195 Å². The van der Waals surface area contributed by atoms with Crippen LogP contribution in [-0.4, -0.2) is 66.5 Å². The lowest BCUT2D eigenvalue weighted by Crippen LogP contribution is -2.42. The van der Waals surface area contributed by atoms with E-state index in [1.54, 1.807) is 12.1 Å². The summed E-state index contributed by atoms with van der Waals surface area (Å²) in [7, 11) is 2.01. The summed E-state index contributed by atoms with van der Waals surface area (Å²) in [5.74, 6) is 1.60. The molecule has 0 bridgehead atoms. The van der Waals surface area contributed by atoms with Crippen LogP contribution >= 0.6 is 0 Å². The molecule has 0 spiro atoms. The number of nitrogens with one attached hydrogen (secondary N) is 1. The van der Waals surface area contributed by atoms with Crippen molar-refractivity contribution in [3.63, 3.8) is 0 Å². The first-order valence-electron chi connectivity index (χ1n) is 11.0. The number of benzene rings is 1. The highest BCUT2D eigenvalue weighted by molar-refractivity contribution is 6.03. The molecule has 4 rings (SSSR count). The van der Waals surface area contributed by atoms with E-state index in [4.69, 9.17) is 15.2 Å². The minimum Gasteiger partial charge on any atom is -0.490 e. The maximum absolute atomic E-state index is 13.6. The van der Waals surface area contributed by atoms with Crippen LogP contribution in [0.3, 0.4) is 0 Å². The van der Waals surface area contributed by atoms with Gasteiger partial charge in [-0.15, -0.1) is 0 Å². The first-order chi connectivity index (χ1) is 16.0. The number of halogens is 2. The fraction of sp³-hybridized carbons (Fsp3) is 0.458. The summed E-state index contributed by atoms with van der Waals surface area (Å²) in [5.41, 5.74) is 6.37. The van der Waals surface area contributed by atoms with Gasteiger partial charge in [0.2, 0.25) is 5.88 Å². The van der Waals surface area contributed by atoms with Crippen LogP contribution in [0.5, 0.6) is 11.6 Å². The van der Waals surface area contributed by atoms with E-state index in [0.29, 0.717) is 16.3 Å². The summed E-state index contributed by atoms with van der Waals surface area (Å²) in [6.07, 6.45) is 0.627. The topological polar surface area (TPSA) is 107 Å². The number of primary amides is 1. The lowest BCUT2D eigenvalue weighted by molar-refractivity contribution is -0.139. The van der Waals surface area contributed by atoms with Gasteiger partial charge in [0, 0.05) is 42.4 Å². The van der Waals surface area contributed by atoms with Crippen LogP contribution in [0.15, 0.2) is 18.3 Å². The molecular weight excluding hydrogens is 446 g/mol. The second-order valence-corrected chi connectivity index (χ2v) is 8.98. The zero-order valence-electron chi connectivity index (χ0n) is 19.2. The number of carbonyl (C=O) groups is 2. The molecule has 0 aliphatic carbocycles. The molecule has 2 amide bonds. The lowest BCUT2D eigenvalue weighted by atomic mass is 9.99. The summed E-state index contributed by atoms with van der Waals surface area (Å²) in [4.78, 5) is 30.0. The number of nitrogens with two attached hydrogens (primary N) is 1. The average molecular weight is 472 g/mol. The highest BCUT2D eigenvalue weighted by atomic mass is 19.3. The van der Waals surface area contributed by atoms with E-state index in [-0.39, 0.29) is 35.8 Å². The summed E-state index contributed by atoms with van der Waals surface area (Å²) >= 11 is 0. The lowest BCUT2D eigenvalue weighted by Gasteiger charge is -2.32. The first-order valence-corrected chi connectivity index (χ1v) is 11.0. The second kappa shape index (κ2) is 9.06. The summed E-state index contributed by atoms with van der Waals surface area (Å²) in [6, 6.07) is 2.33. The SMILES string of the molecule is CC(C)Oc1cc2c(OC[C@@H]3CC(F)(F)C(=O)N3)ncc(C#CC3CN(C)C3)c2cc1C(N)=O. The van der Waals surface area contributed by atoms with Crippen LogP contribution in [0.4, 0.5) is 8.78 Å². The fourth-order valence-corrected chi connectivity index (χ4v) is 3.99. The molecule has 2 fully saturated rings. The number of likely N-dealkylation sites (tertiary alicyclic amines) is 1.